The summed E-state index contributed by atoms with van der Waals surface area (Å²) in [5.74, 6) is 0. The van der Waals surface area contributed by atoms with Crippen LogP contribution in [0.15, 0.2) is 0 Å². The molecule has 0 N–H and O–H groups in total. The van der Waals surface area contributed by atoms with Gasteiger partial charge >= 0.3 is 0 Å². The van der Waals surface area contributed by atoms with E-state index >= 15 is 0 Å². The number of ether oxygens (including phenoxy) is 3. The Bertz CT molecular complexity index is 232. The van der Waals surface area contributed by atoms with Crippen LogP contribution in [-0.4, -0.2) is 64.9 Å². The van der Waals surface area contributed by atoms with Crippen LogP contribution in [0.4, 0.5) is 0 Å². The zero-order valence-electron chi connectivity index (χ0n) is 15.7. The van der Waals surface area contributed by atoms with Crippen molar-refractivity contribution in [2.24, 2.45) is 0 Å². The second kappa shape index (κ2) is 16.7. The summed E-state index contributed by atoms with van der Waals surface area (Å²) >= 11 is 0. The molecule has 0 aromatic carbocycles. The molecule has 0 saturated heterocycles. The number of likely N-dealkylation sites (N-methyl/N-ethyl adjacent to an activating group) is 1. The average Bonchev–Trinajstić information content (AvgIpc) is 2.49. The molecule has 23 heavy (non-hydrogen) atoms. The fourth-order valence-electron chi connectivity index (χ4n) is 2.16. The molecule has 0 fully saturated rings. The van der Waals surface area contributed by atoms with E-state index in [1.165, 1.54) is 44.9 Å². The highest BCUT2D eigenvalue weighted by atomic mass is 16.6. The Hall–Kier alpha value is -0.200. The van der Waals surface area contributed by atoms with Crippen LogP contribution >= 0.6 is 0 Å². The van der Waals surface area contributed by atoms with Crippen molar-refractivity contribution in [2.45, 2.75) is 58.3 Å². The van der Waals surface area contributed by atoms with Gasteiger partial charge in [0.05, 0.1) is 47.1 Å². The molecule has 0 aliphatic heterocycles. The fourth-order valence-corrected chi connectivity index (χ4v) is 2.16. The van der Waals surface area contributed by atoms with E-state index in [0.717, 1.165) is 13.0 Å². The van der Waals surface area contributed by atoms with Gasteiger partial charge in [0.25, 0.3) is 0 Å². The number of hydroxylamine groups is 3. The van der Waals surface area contributed by atoms with Crippen molar-refractivity contribution in [1.29, 1.82) is 0 Å². The van der Waals surface area contributed by atoms with E-state index in [9.17, 15) is 5.21 Å². The lowest BCUT2D eigenvalue weighted by Crippen LogP contribution is -2.35. The maximum absolute atomic E-state index is 11.3. The molecule has 0 radical (unpaired) electrons. The van der Waals surface area contributed by atoms with E-state index in [1.54, 1.807) is 14.1 Å². The maximum Gasteiger partial charge on any atom is 0.102 e. The van der Waals surface area contributed by atoms with E-state index in [0.29, 0.717) is 39.6 Å². The standard InChI is InChI=1S/C18H39NO4/c1-4-5-6-7-8-9-10-11-13-21-15-17-23-18-16-22-14-12-19(2,3)20/h4-18H2,1-3H3. The first-order chi connectivity index (χ1) is 11.1. The Morgan fingerprint density at radius 1 is 0.609 bits per heavy atom. The molecule has 0 atom stereocenters. The van der Waals surface area contributed by atoms with E-state index in [-0.39, 0.29) is 4.65 Å². The van der Waals surface area contributed by atoms with Gasteiger partial charge < -0.3 is 24.1 Å². The Labute approximate surface area is 143 Å². The van der Waals surface area contributed by atoms with Crippen molar-refractivity contribution in [1.82, 2.24) is 0 Å². The monoisotopic (exact) mass is 333 g/mol. The van der Waals surface area contributed by atoms with Gasteiger partial charge in [0.2, 0.25) is 0 Å². The summed E-state index contributed by atoms with van der Waals surface area (Å²) in [7, 11) is 3.23. The topological polar surface area (TPSA) is 50.8 Å². The first kappa shape index (κ1) is 22.8. The highest BCUT2D eigenvalue weighted by molar-refractivity contribution is 4.46. The van der Waals surface area contributed by atoms with Crippen LogP contribution in [0.25, 0.3) is 0 Å². The smallest absolute Gasteiger partial charge is 0.102 e. The highest BCUT2D eigenvalue weighted by Crippen LogP contribution is 2.08. The van der Waals surface area contributed by atoms with Crippen molar-refractivity contribution in [3.63, 3.8) is 0 Å². The molecule has 0 aliphatic carbocycles. The zero-order valence-corrected chi connectivity index (χ0v) is 15.7. The molecule has 0 aliphatic rings. The maximum atomic E-state index is 11.3. The number of rotatable bonds is 18. The van der Waals surface area contributed by atoms with Crippen molar-refractivity contribution in [2.75, 3.05) is 60.3 Å². The van der Waals surface area contributed by atoms with Gasteiger partial charge in [-0.05, 0) is 6.42 Å². The van der Waals surface area contributed by atoms with Crippen LogP contribution in [0.2, 0.25) is 0 Å². The first-order valence-electron chi connectivity index (χ1n) is 9.33. The summed E-state index contributed by atoms with van der Waals surface area (Å²) in [5, 5.41) is 11.3. The quantitative estimate of drug-likeness (QED) is 0.218. The van der Waals surface area contributed by atoms with E-state index in [2.05, 4.69) is 6.92 Å². The molecular formula is C18H39NO4. The molecule has 0 spiro atoms. The molecule has 0 bridgehead atoms. The molecule has 0 amide bonds. The summed E-state index contributed by atoms with van der Waals surface area (Å²) < 4.78 is 16.0. The molecule has 0 rings (SSSR count). The van der Waals surface area contributed by atoms with E-state index < -0.39 is 0 Å². The summed E-state index contributed by atoms with van der Waals surface area (Å²) in [6, 6.07) is 0. The van der Waals surface area contributed by atoms with E-state index in [1.807, 2.05) is 0 Å². The van der Waals surface area contributed by atoms with Gasteiger partial charge in [-0.3, -0.25) is 0 Å². The minimum atomic E-state index is -0.312. The predicted octanol–water partition coefficient (Wildman–Crippen LogP) is 3.75. The van der Waals surface area contributed by atoms with Crippen molar-refractivity contribution >= 4 is 0 Å². The molecular weight excluding hydrogens is 294 g/mol. The lowest BCUT2D eigenvalue weighted by molar-refractivity contribution is -0.840. The molecule has 5 heteroatoms. The lowest BCUT2D eigenvalue weighted by Gasteiger charge is -2.33. The third-order valence-corrected chi connectivity index (χ3v) is 3.66. The van der Waals surface area contributed by atoms with Crippen molar-refractivity contribution < 1.29 is 18.9 Å². The first-order valence-corrected chi connectivity index (χ1v) is 9.33. The van der Waals surface area contributed by atoms with Gasteiger partial charge in [0.1, 0.15) is 6.54 Å². The molecule has 140 valence electrons. The normalized spacial score (nSPS) is 12.0. The molecule has 0 aromatic heterocycles. The molecule has 0 saturated carbocycles. The lowest BCUT2D eigenvalue weighted by atomic mass is 10.1. The third kappa shape index (κ3) is 21.8. The highest BCUT2D eigenvalue weighted by Gasteiger charge is 2.00. The second-order valence-electron chi connectivity index (χ2n) is 6.61. The van der Waals surface area contributed by atoms with Crippen LogP contribution in [-0.2, 0) is 14.2 Å². The van der Waals surface area contributed by atoms with Gasteiger partial charge in [-0.15, -0.1) is 0 Å². The predicted molar refractivity (Wildman–Crippen MR) is 95.4 cm³/mol. The molecule has 0 heterocycles. The van der Waals surface area contributed by atoms with Crippen molar-refractivity contribution in [3.8, 4) is 0 Å². The number of hydrogen-bond donors (Lipinski definition) is 0. The van der Waals surface area contributed by atoms with Crippen LogP contribution in [0.1, 0.15) is 58.3 Å². The Kier molecular flexibility index (Phi) is 16.5. The molecule has 0 aromatic rings. The van der Waals surface area contributed by atoms with Crippen LogP contribution in [0, 0.1) is 5.21 Å². The summed E-state index contributed by atoms with van der Waals surface area (Å²) in [4.78, 5) is 0. The number of unbranched alkanes of at least 4 members (excludes halogenated alkanes) is 7. The summed E-state index contributed by atoms with van der Waals surface area (Å²) in [6.45, 7) is 6.42. The SMILES string of the molecule is CCCCCCCCCCOCCOCCOCC[N+](C)(C)[O-]. The molecule has 5 nitrogen and oxygen atoms in total. The number of quaternary nitrogens is 1. The van der Waals surface area contributed by atoms with E-state index in [4.69, 9.17) is 14.2 Å². The molecule has 0 unspecified atom stereocenters. The third-order valence-electron chi connectivity index (χ3n) is 3.66. The zero-order chi connectivity index (χ0) is 17.2. The number of hydrogen-bond acceptors (Lipinski definition) is 4. The van der Waals surface area contributed by atoms with Gasteiger partial charge in [-0.1, -0.05) is 51.9 Å². The van der Waals surface area contributed by atoms with Gasteiger partial charge in [0.15, 0.2) is 0 Å². The second-order valence-corrected chi connectivity index (χ2v) is 6.61. The van der Waals surface area contributed by atoms with Crippen LogP contribution in [0.5, 0.6) is 0 Å². The van der Waals surface area contributed by atoms with Crippen molar-refractivity contribution in [3.05, 3.63) is 5.21 Å². The Morgan fingerprint density at radius 3 is 1.57 bits per heavy atom. The summed E-state index contributed by atoms with van der Waals surface area (Å²) in [6.07, 6.45) is 10.6. The van der Waals surface area contributed by atoms with Gasteiger partial charge in [-0.2, -0.15) is 0 Å². The minimum Gasteiger partial charge on any atom is -0.633 e. The van der Waals surface area contributed by atoms with Gasteiger partial charge in [0, 0.05) is 6.61 Å². The van der Waals surface area contributed by atoms with Crippen LogP contribution in [0.3, 0.4) is 0 Å². The number of nitrogens with zero attached hydrogens (tertiary/aromatic N) is 1. The minimum absolute atomic E-state index is 0.312. The Morgan fingerprint density at radius 2 is 1.04 bits per heavy atom. The van der Waals surface area contributed by atoms with Gasteiger partial charge in [-0.25, -0.2) is 0 Å². The fraction of sp³-hybridized carbons (Fsp3) is 1.00. The largest absolute Gasteiger partial charge is 0.633 e. The average molecular weight is 334 g/mol. The Balaban J connectivity index is 3.00. The summed E-state index contributed by atoms with van der Waals surface area (Å²) in [5.41, 5.74) is 0. The van der Waals surface area contributed by atoms with Crippen LogP contribution < -0.4 is 0 Å².